The summed E-state index contributed by atoms with van der Waals surface area (Å²) < 4.78 is 0. The van der Waals surface area contributed by atoms with Crippen LogP contribution in [0.25, 0.3) is 0 Å². The second-order valence-electron chi connectivity index (χ2n) is 5.63. The molecule has 0 saturated carbocycles. The van der Waals surface area contributed by atoms with Crippen LogP contribution in [0.5, 0.6) is 0 Å². The van der Waals surface area contributed by atoms with Gasteiger partial charge in [-0.25, -0.2) is 0 Å². The predicted octanol–water partition coefficient (Wildman–Crippen LogP) is 1.84. The topological polar surface area (TPSA) is 75.4 Å². The zero-order valence-corrected chi connectivity index (χ0v) is 12.6. The van der Waals surface area contributed by atoms with Crippen molar-refractivity contribution < 1.29 is 9.59 Å². The Morgan fingerprint density at radius 3 is 2.81 bits per heavy atom. The third-order valence-corrected chi connectivity index (χ3v) is 3.97. The van der Waals surface area contributed by atoms with E-state index in [4.69, 9.17) is 5.73 Å². The molecule has 0 radical (unpaired) electrons. The van der Waals surface area contributed by atoms with E-state index in [1.165, 1.54) is 0 Å². The molecular weight excluding hydrogens is 266 g/mol. The second-order valence-corrected chi connectivity index (χ2v) is 5.63. The summed E-state index contributed by atoms with van der Waals surface area (Å²) in [5.74, 6) is 0.329. The van der Waals surface area contributed by atoms with Crippen LogP contribution in [0.2, 0.25) is 0 Å². The van der Waals surface area contributed by atoms with Gasteiger partial charge in [0.2, 0.25) is 5.91 Å². The number of likely N-dealkylation sites (tertiary alicyclic amines) is 1. The molecule has 2 unspecified atom stereocenters. The number of carbonyl (C=O) groups excluding carboxylic acids is 2. The average Bonchev–Trinajstić information content (AvgIpc) is 2.87. The molecule has 5 nitrogen and oxygen atoms in total. The summed E-state index contributed by atoms with van der Waals surface area (Å²) in [5.41, 5.74) is 6.97. The highest BCUT2D eigenvalue weighted by atomic mass is 16.2. The molecule has 1 saturated heterocycles. The van der Waals surface area contributed by atoms with Crippen molar-refractivity contribution >= 4 is 17.5 Å². The van der Waals surface area contributed by atoms with Gasteiger partial charge in [0.05, 0.1) is 0 Å². The number of hydrogen-bond acceptors (Lipinski definition) is 3. The van der Waals surface area contributed by atoms with Crippen LogP contribution in [0.3, 0.4) is 0 Å². The third kappa shape index (κ3) is 3.61. The largest absolute Gasteiger partial charge is 0.336 e. The van der Waals surface area contributed by atoms with Crippen LogP contribution in [0.1, 0.15) is 37.0 Å². The number of rotatable bonds is 4. The Hall–Kier alpha value is -1.88. The molecule has 1 aromatic carbocycles. The molecule has 0 bridgehead atoms. The first-order valence-corrected chi connectivity index (χ1v) is 7.46. The lowest BCUT2D eigenvalue weighted by Crippen LogP contribution is -2.34. The molecule has 21 heavy (non-hydrogen) atoms. The van der Waals surface area contributed by atoms with Crippen LogP contribution in [0.15, 0.2) is 24.3 Å². The fraction of sp³-hybridized carbons (Fsp3) is 0.500. The molecule has 1 aliphatic heterocycles. The summed E-state index contributed by atoms with van der Waals surface area (Å²) in [5, 5.41) is 2.78. The Bertz CT molecular complexity index is 530. The lowest BCUT2D eigenvalue weighted by molar-refractivity contribution is -0.115. The zero-order chi connectivity index (χ0) is 15.4. The van der Waals surface area contributed by atoms with Crippen LogP contribution in [0.4, 0.5) is 5.69 Å². The molecule has 0 aliphatic carbocycles. The fourth-order valence-electron chi connectivity index (χ4n) is 2.74. The van der Waals surface area contributed by atoms with Crippen molar-refractivity contribution in [1.82, 2.24) is 4.90 Å². The van der Waals surface area contributed by atoms with E-state index in [0.717, 1.165) is 6.42 Å². The Morgan fingerprint density at radius 2 is 2.19 bits per heavy atom. The summed E-state index contributed by atoms with van der Waals surface area (Å²) in [6.45, 7) is 5.17. The minimum atomic E-state index is -0.0580. The minimum absolute atomic E-state index is 0.00560. The maximum absolute atomic E-state index is 12.6. The van der Waals surface area contributed by atoms with Gasteiger partial charge in [0.25, 0.3) is 5.91 Å². The summed E-state index contributed by atoms with van der Waals surface area (Å²) in [6, 6.07) is 7.31. The number of amides is 2. The number of anilines is 1. The molecule has 1 fully saturated rings. The summed E-state index contributed by atoms with van der Waals surface area (Å²) in [7, 11) is 0. The number of nitrogens with one attached hydrogen (secondary N) is 1. The van der Waals surface area contributed by atoms with E-state index < -0.39 is 0 Å². The zero-order valence-electron chi connectivity index (χ0n) is 12.6. The van der Waals surface area contributed by atoms with Gasteiger partial charge in [0.15, 0.2) is 0 Å². The van der Waals surface area contributed by atoms with E-state index in [9.17, 15) is 9.59 Å². The molecule has 114 valence electrons. The molecule has 2 amide bonds. The van der Waals surface area contributed by atoms with Gasteiger partial charge in [-0.15, -0.1) is 0 Å². The minimum Gasteiger partial charge on any atom is -0.336 e. The van der Waals surface area contributed by atoms with Crippen LogP contribution in [-0.2, 0) is 4.79 Å². The molecule has 0 spiro atoms. The summed E-state index contributed by atoms with van der Waals surface area (Å²) in [4.78, 5) is 25.9. The van der Waals surface area contributed by atoms with Crippen molar-refractivity contribution in [1.29, 1.82) is 0 Å². The third-order valence-electron chi connectivity index (χ3n) is 3.97. The van der Waals surface area contributed by atoms with Crippen molar-refractivity contribution in [2.24, 2.45) is 11.7 Å². The van der Waals surface area contributed by atoms with Gasteiger partial charge in [-0.2, -0.15) is 0 Å². The quantitative estimate of drug-likeness (QED) is 0.888. The van der Waals surface area contributed by atoms with Gasteiger partial charge in [-0.05, 0) is 44.0 Å². The van der Waals surface area contributed by atoms with Crippen molar-refractivity contribution in [2.75, 3.05) is 18.4 Å². The molecule has 5 heteroatoms. The van der Waals surface area contributed by atoms with Gasteiger partial charge in [-0.1, -0.05) is 13.0 Å². The Morgan fingerprint density at radius 1 is 1.43 bits per heavy atom. The fourth-order valence-corrected chi connectivity index (χ4v) is 2.74. The highest BCUT2D eigenvalue weighted by Gasteiger charge is 2.32. The van der Waals surface area contributed by atoms with Crippen LogP contribution in [-0.4, -0.2) is 35.8 Å². The molecule has 2 atom stereocenters. The maximum Gasteiger partial charge on any atom is 0.254 e. The van der Waals surface area contributed by atoms with Gasteiger partial charge < -0.3 is 16.0 Å². The van der Waals surface area contributed by atoms with E-state index in [0.29, 0.717) is 36.7 Å². The van der Waals surface area contributed by atoms with Crippen LogP contribution in [0, 0.1) is 5.92 Å². The molecule has 0 aromatic heterocycles. The van der Waals surface area contributed by atoms with E-state index in [1.807, 2.05) is 4.90 Å². The van der Waals surface area contributed by atoms with Crippen molar-refractivity contribution in [3.05, 3.63) is 29.8 Å². The van der Waals surface area contributed by atoms with Crippen molar-refractivity contribution in [3.8, 4) is 0 Å². The first-order valence-electron chi connectivity index (χ1n) is 7.46. The monoisotopic (exact) mass is 289 g/mol. The Balaban J connectivity index is 2.12. The van der Waals surface area contributed by atoms with Gasteiger partial charge in [0, 0.05) is 30.3 Å². The molecule has 1 heterocycles. The van der Waals surface area contributed by atoms with Gasteiger partial charge in [-0.3, -0.25) is 9.59 Å². The molecule has 1 aliphatic rings. The highest BCUT2D eigenvalue weighted by Crippen LogP contribution is 2.24. The summed E-state index contributed by atoms with van der Waals surface area (Å²) >= 11 is 0. The average molecular weight is 289 g/mol. The first kappa shape index (κ1) is 15.5. The number of nitrogens with zero attached hydrogens (tertiary/aromatic N) is 1. The van der Waals surface area contributed by atoms with E-state index in [2.05, 4.69) is 12.2 Å². The number of carbonyl (C=O) groups is 2. The predicted molar refractivity (Wildman–Crippen MR) is 83.0 cm³/mol. The molecule has 1 aromatic rings. The Labute approximate surface area is 125 Å². The Kier molecular flexibility index (Phi) is 4.96. The van der Waals surface area contributed by atoms with E-state index in [-0.39, 0.29) is 17.9 Å². The molecular formula is C16H23N3O2. The summed E-state index contributed by atoms with van der Waals surface area (Å²) in [6.07, 6.45) is 1.37. The number of hydrogen-bond donors (Lipinski definition) is 2. The first-order chi connectivity index (χ1) is 10.0. The normalized spacial score (nSPS) is 21.4. The second kappa shape index (κ2) is 6.72. The standard InChI is InChI=1S/C16H23N3O2/c1-3-15(20)18-14-6-4-5-13(8-14)16(21)19-10-12(9-17)7-11(19)2/h4-6,8,11-12H,3,7,9-10,17H2,1-2H3,(H,18,20). The van der Waals surface area contributed by atoms with Crippen LogP contribution >= 0.6 is 0 Å². The lowest BCUT2D eigenvalue weighted by atomic mass is 10.1. The smallest absolute Gasteiger partial charge is 0.254 e. The SMILES string of the molecule is CCC(=O)Nc1cccc(C(=O)N2CC(CN)CC2C)c1. The lowest BCUT2D eigenvalue weighted by Gasteiger charge is -2.22. The van der Waals surface area contributed by atoms with Crippen LogP contribution < -0.4 is 11.1 Å². The number of nitrogens with two attached hydrogens (primary N) is 1. The van der Waals surface area contributed by atoms with Gasteiger partial charge >= 0.3 is 0 Å². The van der Waals surface area contributed by atoms with Crippen molar-refractivity contribution in [2.45, 2.75) is 32.7 Å². The van der Waals surface area contributed by atoms with Gasteiger partial charge in [0.1, 0.15) is 0 Å². The molecule has 3 N–H and O–H groups in total. The van der Waals surface area contributed by atoms with E-state index >= 15 is 0 Å². The maximum atomic E-state index is 12.6. The highest BCUT2D eigenvalue weighted by molar-refractivity contribution is 5.97. The molecule has 2 rings (SSSR count). The van der Waals surface area contributed by atoms with E-state index in [1.54, 1.807) is 31.2 Å². The number of benzene rings is 1. The van der Waals surface area contributed by atoms with Crippen molar-refractivity contribution in [3.63, 3.8) is 0 Å².